The minimum absolute atomic E-state index is 0.0627. The van der Waals surface area contributed by atoms with E-state index < -0.39 is 0 Å². The van der Waals surface area contributed by atoms with Gasteiger partial charge in [0.15, 0.2) is 23.9 Å². The van der Waals surface area contributed by atoms with E-state index >= 15 is 0 Å². The number of hydrogen-bond donors (Lipinski definition) is 2. The Morgan fingerprint density at radius 1 is 1.27 bits per heavy atom. The van der Waals surface area contributed by atoms with Crippen LogP contribution in [0.5, 0.6) is 11.5 Å². The minimum Gasteiger partial charge on any atom is -0.493 e. The van der Waals surface area contributed by atoms with E-state index in [1.165, 1.54) is 7.11 Å². The number of carbonyl (C=O) groups excluding carboxylic acids is 1. The molecule has 1 aromatic carbocycles. The van der Waals surface area contributed by atoms with Crippen LogP contribution in [0, 0.1) is 0 Å². The average molecular weight is 362 g/mol. The normalized spacial score (nSPS) is 12.1. The molecule has 0 aliphatic heterocycles. The van der Waals surface area contributed by atoms with Gasteiger partial charge in [-0.05, 0) is 46.0 Å². The van der Waals surface area contributed by atoms with Crippen LogP contribution in [-0.4, -0.2) is 48.9 Å². The van der Waals surface area contributed by atoms with Gasteiger partial charge in [0.05, 0.1) is 7.11 Å². The van der Waals surface area contributed by atoms with Gasteiger partial charge >= 0.3 is 0 Å². The summed E-state index contributed by atoms with van der Waals surface area (Å²) in [5.74, 6) is 1.81. The van der Waals surface area contributed by atoms with Crippen molar-refractivity contribution in [3.8, 4) is 23.0 Å². The second kappa shape index (κ2) is 9.19. The van der Waals surface area contributed by atoms with Crippen molar-refractivity contribution in [3.63, 3.8) is 0 Å². The molecule has 26 heavy (non-hydrogen) atoms. The molecule has 2 N–H and O–H groups in total. The molecule has 8 nitrogen and oxygen atoms in total. The van der Waals surface area contributed by atoms with Crippen LogP contribution in [0.2, 0.25) is 0 Å². The summed E-state index contributed by atoms with van der Waals surface area (Å²) < 4.78 is 16.2. The van der Waals surface area contributed by atoms with Crippen molar-refractivity contribution in [2.45, 2.75) is 39.3 Å². The minimum atomic E-state index is -0.189. The fourth-order valence-electron chi connectivity index (χ4n) is 2.26. The molecule has 2 aromatic rings. The quantitative estimate of drug-likeness (QED) is 0.702. The molecule has 0 fully saturated rings. The van der Waals surface area contributed by atoms with Gasteiger partial charge in [-0.15, -0.1) is 0 Å². The van der Waals surface area contributed by atoms with Crippen molar-refractivity contribution in [1.82, 2.24) is 20.8 Å². The van der Waals surface area contributed by atoms with Gasteiger partial charge in [-0.2, -0.15) is 4.98 Å². The lowest BCUT2D eigenvalue weighted by atomic mass is 10.2. The average Bonchev–Trinajstić information content (AvgIpc) is 3.07. The van der Waals surface area contributed by atoms with Crippen molar-refractivity contribution >= 4 is 5.91 Å². The van der Waals surface area contributed by atoms with E-state index in [0.29, 0.717) is 29.6 Å². The molecular weight excluding hydrogens is 336 g/mol. The first-order valence-corrected chi connectivity index (χ1v) is 8.53. The predicted molar refractivity (Wildman–Crippen MR) is 97.3 cm³/mol. The number of nitrogens with zero attached hydrogens (tertiary/aromatic N) is 2. The molecule has 1 heterocycles. The summed E-state index contributed by atoms with van der Waals surface area (Å²) in [5, 5.41) is 9.89. The summed E-state index contributed by atoms with van der Waals surface area (Å²) in [7, 11) is 3.42. The van der Waals surface area contributed by atoms with Crippen molar-refractivity contribution in [2.75, 3.05) is 20.8 Å². The Hall–Kier alpha value is -2.61. The largest absolute Gasteiger partial charge is 0.493 e. The number of ether oxygens (including phenoxy) is 2. The molecule has 0 saturated carbocycles. The number of rotatable bonds is 9. The van der Waals surface area contributed by atoms with Gasteiger partial charge in [0.25, 0.3) is 11.8 Å². The molecule has 2 rings (SSSR count). The third-order valence-electron chi connectivity index (χ3n) is 3.67. The molecular formula is C18H26N4O4. The third kappa shape index (κ3) is 5.45. The summed E-state index contributed by atoms with van der Waals surface area (Å²) in [4.78, 5) is 16.1. The zero-order valence-corrected chi connectivity index (χ0v) is 15.8. The number of nitrogens with one attached hydrogen (secondary N) is 2. The number of benzene rings is 1. The maximum atomic E-state index is 11.7. The van der Waals surface area contributed by atoms with E-state index in [1.54, 1.807) is 18.2 Å². The summed E-state index contributed by atoms with van der Waals surface area (Å²) in [6, 6.07) is 5.57. The van der Waals surface area contributed by atoms with E-state index in [-0.39, 0.29) is 24.6 Å². The molecule has 1 unspecified atom stereocenters. The van der Waals surface area contributed by atoms with Gasteiger partial charge in [-0.25, -0.2) is 0 Å². The summed E-state index contributed by atoms with van der Waals surface area (Å²) in [6.45, 7) is 5.74. The highest BCUT2D eigenvalue weighted by Gasteiger charge is 2.15. The van der Waals surface area contributed by atoms with Gasteiger partial charge in [0.2, 0.25) is 0 Å². The molecule has 8 heteroatoms. The highest BCUT2D eigenvalue weighted by Crippen LogP contribution is 2.32. The van der Waals surface area contributed by atoms with E-state index in [4.69, 9.17) is 14.0 Å². The Labute approximate surface area is 153 Å². The summed E-state index contributed by atoms with van der Waals surface area (Å²) in [6.07, 6.45) is 0.670. The molecule has 1 amide bonds. The number of methoxy groups -OCH3 is 1. The van der Waals surface area contributed by atoms with Gasteiger partial charge in [0, 0.05) is 24.1 Å². The number of likely N-dealkylation sites (N-methyl/N-ethyl adjacent to an activating group) is 1. The topological polar surface area (TPSA) is 98.5 Å². The van der Waals surface area contributed by atoms with E-state index in [1.807, 2.05) is 27.8 Å². The highest BCUT2D eigenvalue weighted by molar-refractivity contribution is 5.77. The van der Waals surface area contributed by atoms with Crippen LogP contribution in [0.3, 0.4) is 0 Å². The van der Waals surface area contributed by atoms with Crippen LogP contribution in [-0.2, 0) is 11.2 Å². The van der Waals surface area contributed by atoms with Crippen LogP contribution in [0.4, 0.5) is 0 Å². The molecule has 0 aliphatic carbocycles. The molecule has 0 radical (unpaired) electrons. The van der Waals surface area contributed by atoms with Crippen LogP contribution in [0.15, 0.2) is 22.7 Å². The lowest BCUT2D eigenvalue weighted by Gasteiger charge is -2.12. The van der Waals surface area contributed by atoms with Gasteiger partial charge < -0.3 is 24.6 Å². The standard InChI is InChI=1S/C18H26N4O4/c1-11(2)20-17(23)10-25-14-7-6-13(9-15(14)24-5)18-21-16(22-26-18)8-12(3)19-4/h6-7,9,11-12,19H,8,10H2,1-5H3,(H,20,23). The highest BCUT2D eigenvalue weighted by atomic mass is 16.5. The zero-order valence-electron chi connectivity index (χ0n) is 15.8. The number of carbonyl (C=O) groups is 1. The monoisotopic (exact) mass is 362 g/mol. The Morgan fingerprint density at radius 2 is 2.04 bits per heavy atom. The second-order valence-corrected chi connectivity index (χ2v) is 6.29. The maximum absolute atomic E-state index is 11.7. The van der Waals surface area contributed by atoms with Gasteiger partial charge in [0.1, 0.15) is 0 Å². The number of aromatic nitrogens is 2. The Morgan fingerprint density at radius 3 is 2.69 bits per heavy atom. The molecule has 142 valence electrons. The van der Waals surface area contributed by atoms with E-state index in [0.717, 1.165) is 5.56 Å². The fraction of sp³-hybridized carbons (Fsp3) is 0.500. The molecule has 1 aromatic heterocycles. The maximum Gasteiger partial charge on any atom is 0.258 e. The Kier molecular flexibility index (Phi) is 6.97. The smallest absolute Gasteiger partial charge is 0.258 e. The van der Waals surface area contributed by atoms with E-state index in [9.17, 15) is 4.79 Å². The number of amides is 1. The SMILES string of the molecule is CNC(C)Cc1noc(-c2ccc(OCC(=O)NC(C)C)c(OC)c2)n1. The Bertz CT molecular complexity index is 730. The molecule has 0 saturated heterocycles. The van der Waals surface area contributed by atoms with Crippen molar-refractivity contribution in [3.05, 3.63) is 24.0 Å². The predicted octanol–water partition coefficient (Wildman–Crippen LogP) is 1.80. The molecule has 0 spiro atoms. The fourth-order valence-corrected chi connectivity index (χ4v) is 2.26. The molecule has 0 aliphatic rings. The second-order valence-electron chi connectivity index (χ2n) is 6.29. The third-order valence-corrected chi connectivity index (χ3v) is 3.67. The molecule has 0 bridgehead atoms. The van der Waals surface area contributed by atoms with Crippen LogP contribution in [0.25, 0.3) is 11.5 Å². The first-order chi connectivity index (χ1) is 12.4. The van der Waals surface area contributed by atoms with Crippen LogP contribution < -0.4 is 20.1 Å². The van der Waals surface area contributed by atoms with Crippen molar-refractivity contribution in [1.29, 1.82) is 0 Å². The lowest BCUT2D eigenvalue weighted by molar-refractivity contribution is -0.123. The van der Waals surface area contributed by atoms with Crippen LogP contribution in [0.1, 0.15) is 26.6 Å². The van der Waals surface area contributed by atoms with Crippen LogP contribution >= 0.6 is 0 Å². The number of hydrogen-bond acceptors (Lipinski definition) is 7. The summed E-state index contributed by atoms with van der Waals surface area (Å²) in [5.41, 5.74) is 0.719. The molecule has 1 atom stereocenters. The van der Waals surface area contributed by atoms with Gasteiger partial charge in [-0.1, -0.05) is 5.16 Å². The first-order valence-electron chi connectivity index (χ1n) is 8.53. The van der Waals surface area contributed by atoms with Crippen molar-refractivity contribution in [2.24, 2.45) is 0 Å². The zero-order chi connectivity index (χ0) is 19.1. The van der Waals surface area contributed by atoms with Crippen molar-refractivity contribution < 1.29 is 18.8 Å². The van der Waals surface area contributed by atoms with Gasteiger partial charge in [-0.3, -0.25) is 4.79 Å². The summed E-state index contributed by atoms with van der Waals surface area (Å²) >= 11 is 0. The lowest BCUT2D eigenvalue weighted by Crippen LogP contribution is -2.34. The first kappa shape index (κ1) is 19.7. The van der Waals surface area contributed by atoms with E-state index in [2.05, 4.69) is 20.8 Å². The Balaban J connectivity index is 2.09.